The lowest BCUT2D eigenvalue weighted by Crippen LogP contribution is -2.24. The predicted octanol–water partition coefficient (Wildman–Crippen LogP) is 6.38. The first-order valence-electron chi connectivity index (χ1n) is 10.7. The highest BCUT2D eigenvalue weighted by molar-refractivity contribution is 6.17. The molecule has 0 saturated carbocycles. The van der Waals surface area contributed by atoms with E-state index in [-0.39, 0.29) is 0 Å². The van der Waals surface area contributed by atoms with Crippen LogP contribution < -0.4 is 4.57 Å². The summed E-state index contributed by atoms with van der Waals surface area (Å²) in [6.07, 6.45) is 9.16. The average Bonchev–Trinajstić information content (AvgIpc) is 3.43. The molecule has 0 saturated heterocycles. The van der Waals surface area contributed by atoms with Gasteiger partial charge in [-0.05, 0) is 60.7 Å². The van der Waals surface area contributed by atoms with E-state index in [4.69, 9.17) is 16.0 Å². The van der Waals surface area contributed by atoms with E-state index >= 15 is 0 Å². The lowest BCUT2D eigenvalue weighted by atomic mass is 10.0. The lowest BCUT2D eigenvalue weighted by Gasteiger charge is -2.09. The van der Waals surface area contributed by atoms with Gasteiger partial charge in [0.25, 0.3) is 0 Å². The van der Waals surface area contributed by atoms with Gasteiger partial charge in [0, 0.05) is 40.3 Å². The summed E-state index contributed by atoms with van der Waals surface area (Å²) in [6.45, 7) is 11.5. The minimum absolute atomic E-state index is 0.622. The lowest BCUT2D eigenvalue weighted by molar-refractivity contribution is -0.674. The van der Waals surface area contributed by atoms with E-state index in [1.54, 1.807) is 0 Å². The Morgan fingerprint density at radius 2 is 1.82 bits per heavy atom. The summed E-state index contributed by atoms with van der Waals surface area (Å²) < 4.78 is 10.4. The first-order chi connectivity index (χ1) is 16.0. The Hall–Kier alpha value is -4.43. The molecule has 5 nitrogen and oxygen atoms in total. The van der Waals surface area contributed by atoms with Gasteiger partial charge < -0.3 is 13.6 Å². The third-order valence-corrected chi connectivity index (χ3v) is 6.28. The Balaban J connectivity index is 1.73. The molecule has 0 aliphatic carbocycles. The Labute approximate surface area is 191 Å². The van der Waals surface area contributed by atoms with Crippen LogP contribution in [0.3, 0.4) is 0 Å². The molecule has 0 radical (unpaired) electrons. The zero-order chi connectivity index (χ0) is 22.7. The summed E-state index contributed by atoms with van der Waals surface area (Å²) in [5, 5.41) is 4.05. The topological polar surface area (TPSA) is 39.2 Å². The summed E-state index contributed by atoms with van der Waals surface area (Å²) in [4.78, 5) is 8.30. The van der Waals surface area contributed by atoms with Gasteiger partial charge in [0.05, 0.1) is 25.0 Å². The molecular weight excluding hydrogens is 408 g/mol. The molecule has 158 valence electrons. The van der Waals surface area contributed by atoms with Gasteiger partial charge in [-0.25, -0.2) is 4.85 Å². The fraction of sp³-hybridized carbons (Fsp3) is 0.107. The Bertz CT molecular complexity index is 1760. The molecule has 0 bridgehead atoms. The van der Waals surface area contributed by atoms with Crippen LogP contribution in [0, 0.1) is 26.7 Å². The van der Waals surface area contributed by atoms with E-state index < -0.39 is 0 Å². The number of nitrogens with zero attached hydrogens (tertiary/aromatic N) is 4. The third kappa shape index (κ3) is 3.00. The molecule has 5 heteroatoms. The molecule has 0 N–H and O–H groups in total. The minimum Gasteiger partial charge on any atom is -0.455 e. The van der Waals surface area contributed by atoms with Gasteiger partial charge >= 0.3 is 0 Å². The van der Waals surface area contributed by atoms with Gasteiger partial charge in [0.2, 0.25) is 6.33 Å². The fourth-order valence-corrected chi connectivity index (χ4v) is 4.35. The molecule has 0 aliphatic heterocycles. The molecule has 33 heavy (non-hydrogen) atoms. The number of benzene rings is 3. The van der Waals surface area contributed by atoms with Gasteiger partial charge in [0.1, 0.15) is 11.2 Å². The van der Waals surface area contributed by atoms with E-state index in [1.807, 2.05) is 53.0 Å². The SMILES string of the molecule is [C-]#[N+]c1ccc2c(ccc3c4cc(-n5[c-][n+](C)cc5)cc(-c5cc(C)c(C)cn5)c4oc23)c1. The van der Waals surface area contributed by atoms with Crippen molar-refractivity contribution in [1.82, 2.24) is 9.55 Å². The molecular formula is C28H20N4O. The molecule has 0 aliphatic rings. The summed E-state index contributed by atoms with van der Waals surface area (Å²) in [6, 6.07) is 16.2. The number of hydrogen-bond acceptors (Lipinski definition) is 2. The van der Waals surface area contributed by atoms with Gasteiger partial charge in [0.15, 0.2) is 5.69 Å². The van der Waals surface area contributed by atoms with Crippen molar-refractivity contribution in [2.24, 2.45) is 7.05 Å². The minimum atomic E-state index is 0.622. The van der Waals surface area contributed by atoms with Crippen LogP contribution in [0.25, 0.3) is 54.5 Å². The van der Waals surface area contributed by atoms with Crippen LogP contribution in [0.5, 0.6) is 0 Å². The normalized spacial score (nSPS) is 11.5. The van der Waals surface area contributed by atoms with Crippen molar-refractivity contribution in [2.45, 2.75) is 13.8 Å². The van der Waals surface area contributed by atoms with Crippen LogP contribution in [0.1, 0.15) is 11.1 Å². The summed E-state index contributed by atoms with van der Waals surface area (Å²) >= 11 is 0. The molecule has 0 fully saturated rings. The molecule has 3 aromatic carbocycles. The van der Waals surface area contributed by atoms with Crippen molar-refractivity contribution < 1.29 is 8.98 Å². The van der Waals surface area contributed by atoms with Crippen molar-refractivity contribution >= 4 is 38.4 Å². The summed E-state index contributed by atoms with van der Waals surface area (Å²) in [5.41, 5.74) is 7.40. The van der Waals surface area contributed by atoms with Crippen molar-refractivity contribution in [3.8, 4) is 16.9 Å². The van der Waals surface area contributed by atoms with E-state index in [2.05, 4.69) is 55.4 Å². The molecule has 0 amide bonds. The van der Waals surface area contributed by atoms with Crippen LogP contribution in [0.15, 0.2) is 71.5 Å². The zero-order valence-corrected chi connectivity index (χ0v) is 18.5. The second kappa shape index (κ2) is 7.04. The van der Waals surface area contributed by atoms with Crippen molar-refractivity contribution in [1.29, 1.82) is 0 Å². The number of furan rings is 1. The number of hydrogen-bond donors (Lipinski definition) is 0. The van der Waals surface area contributed by atoms with E-state index in [0.29, 0.717) is 5.69 Å². The first kappa shape index (κ1) is 19.3. The Kier molecular flexibility index (Phi) is 4.11. The zero-order valence-electron chi connectivity index (χ0n) is 18.5. The molecule has 0 atom stereocenters. The fourth-order valence-electron chi connectivity index (χ4n) is 4.35. The van der Waals surface area contributed by atoms with Crippen LogP contribution in [0.4, 0.5) is 5.69 Å². The smallest absolute Gasteiger partial charge is 0.243 e. The highest BCUT2D eigenvalue weighted by Crippen LogP contribution is 2.40. The summed E-state index contributed by atoms with van der Waals surface area (Å²) in [5.74, 6) is 0. The molecule has 3 aromatic heterocycles. The van der Waals surface area contributed by atoms with E-state index in [1.165, 1.54) is 5.56 Å². The number of imidazole rings is 1. The maximum Gasteiger partial charge on any atom is 0.243 e. The van der Waals surface area contributed by atoms with Crippen molar-refractivity contribution in [3.05, 3.63) is 96.0 Å². The second-order valence-electron chi connectivity index (χ2n) is 8.46. The van der Waals surface area contributed by atoms with Crippen molar-refractivity contribution in [3.63, 3.8) is 0 Å². The molecule has 0 unspecified atom stereocenters. The number of fused-ring (bicyclic) bond motifs is 5. The molecule has 6 aromatic rings. The Morgan fingerprint density at radius 3 is 2.58 bits per heavy atom. The quantitative estimate of drug-likeness (QED) is 0.237. The van der Waals surface area contributed by atoms with E-state index in [0.717, 1.165) is 55.2 Å². The third-order valence-electron chi connectivity index (χ3n) is 6.28. The number of aromatic nitrogens is 3. The Morgan fingerprint density at radius 1 is 0.970 bits per heavy atom. The van der Waals surface area contributed by atoms with Gasteiger partial charge in [-0.3, -0.25) is 4.98 Å². The van der Waals surface area contributed by atoms with Gasteiger partial charge in [-0.15, -0.1) is 0 Å². The second-order valence-corrected chi connectivity index (χ2v) is 8.46. The number of rotatable bonds is 2. The van der Waals surface area contributed by atoms with Gasteiger partial charge in [-0.1, -0.05) is 18.2 Å². The standard InChI is InChI=1S/C28H20N4O/c1-17-11-26(30-15-18(17)2)25-14-21(32-10-9-31(4)16-32)13-24-23-7-5-19-12-20(29-3)6-8-22(19)27(23)33-28(24)25/h5-15H,1-2,4H3. The van der Waals surface area contributed by atoms with Crippen LogP contribution in [0.2, 0.25) is 0 Å². The maximum absolute atomic E-state index is 7.32. The number of aryl methyl sites for hydroxylation is 3. The first-order valence-corrected chi connectivity index (χ1v) is 10.7. The van der Waals surface area contributed by atoms with Crippen LogP contribution in [-0.4, -0.2) is 9.55 Å². The van der Waals surface area contributed by atoms with Crippen LogP contribution >= 0.6 is 0 Å². The largest absolute Gasteiger partial charge is 0.455 e. The highest BCUT2D eigenvalue weighted by Gasteiger charge is 2.17. The summed E-state index contributed by atoms with van der Waals surface area (Å²) in [7, 11) is 1.96. The molecule has 0 spiro atoms. The van der Waals surface area contributed by atoms with Crippen molar-refractivity contribution in [2.75, 3.05) is 0 Å². The van der Waals surface area contributed by atoms with Gasteiger partial charge in [-0.2, -0.15) is 0 Å². The monoisotopic (exact) mass is 428 g/mol. The molecule has 6 rings (SSSR count). The molecule has 3 heterocycles. The predicted molar refractivity (Wildman–Crippen MR) is 130 cm³/mol. The highest BCUT2D eigenvalue weighted by atomic mass is 16.3. The number of pyridine rings is 1. The van der Waals surface area contributed by atoms with E-state index in [9.17, 15) is 0 Å². The van der Waals surface area contributed by atoms with Crippen LogP contribution in [-0.2, 0) is 7.05 Å². The maximum atomic E-state index is 7.32. The average molecular weight is 428 g/mol.